The molecule has 0 saturated heterocycles. The zero-order valence-corrected chi connectivity index (χ0v) is 11.1. The SMILES string of the molecule is CCC(C)(CNNC(=O)OC(C)(C)C)OC. The Morgan fingerprint density at radius 1 is 1.25 bits per heavy atom. The molecular formula is C11H24N2O3. The van der Waals surface area contributed by atoms with Crippen molar-refractivity contribution in [3.05, 3.63) is 0 Å². The van der Waals surface area contributed by atoms with Crippen molar-refractivity contribution < 1.29 is 14.3 Å². The van der Waals surface area contributed by atoms with Crippen molar-refractivity contribution >= 4 is 6.09 Å². The third-order valence-electron chi connectivity index (χ3n) is 2.29. The average molecular weight is 232 g/mol. The Hall–Kier alpha value is -0.810. The van der Waals surface area contributed by atoms with Crippen LogP contribution in [0.2, 0.25) is 0 Å². The number of hydrazine groups is 1. The lowest BCUT2D eigenvalue weighted by atomic mass is 10.0. The summed E-state index contributed by atoms with van der Waals surface area (Å²) in [5.74, 6) is 0. The molecule has 0 aliphatic carbocycles. The standard InChI is InChI=1S/C11H24N2O3/c1-7-11(5,15-6)8-12-13-9(14)16-10(2,3)4/h12H,7-8H2,1-6H3,(H,13,14). The van der Waals surface area contributed by atoms with E-state index in [0.717, 1.165) is 6.42 Å². The Morgan fingerprint density at radius 3 is 2.19 bits per heavy atom. The molecule has 0 bridgehead atoms. The summed E-state index contributed by atoms with van der Waals surface area (Å²) in [4.78, 5) is 11.3. The minimum atomic E-state index is -0.485. The highest BCUT2D eigenvalue weighted by atomic mass is 16.6. The van der Waals surface area contributed by atoms with Crippen molar-refractivity contribution in [2.24, 2.45) is 0 Å². The van der Waals surface area contributed by atoms with Crippen molar-refractivity contribution in [2.75, 3.05) is 13.7 Å². The average Bonchev–Trinajstić information content (AvgIpc) is 2.14. The molecule has 0 heterocycles. The molecule has 1 unspecified atom stereocenters. The Kier molecular flexibility index (Phi) is 5.75. The van der Waals surface area contributed by atoms with Gasteiger partial charge < -0.3 is 9.47 Å². The Labute approximate surface area is 97.8 Å². The fourth-order valence-corrected chi connectivity index (χ4v) is 0.948. The predicted octanol–water partition coefficient (Wildman–Crippen LogP) is 1.83. The first-order chi connectivity index (χ1) is 7.22. The molecule has 0 aromatic rings. The van der Waals surface area contributed by atoms with Crippen LogP contribution in [-0.2, 0) is 9.47 Å². The summed E-state index contributed by atoms with van der Waals surface area (Å²) >= 11 is 0. The van der Waals surface area contributed by atoms with Gasteiger partial charge in [-0.1, -0.05) is 6.92 Å². The van der Waals surface area contributed by atoms with Crippen LogP contribution in [0.3, 0.4) is 0 Å². The van der Waals surface area contributed by atoms with Gasteiger partial charge in [0.2, 0.25) is 0 Å². The van der Waals surface area contributed by atoms with E-state index in [9.17, 15) is 4.79 Å². The molecule has 0 aliphatic heterocycles. The van der Waals surface area contributed by atoms with E-state index in [4.69, 9.17) is 9.47 Å². The lowest BCUT2D eigenvalue weighted by Crippen LogP contribution is -2.48. The van der Waals surface area contributed by atoms with Gasteiger partial charge in [0.25, 0.3) is 0 Å². The fraction of sp³-hybridized carbons (Fsp3) is 0.909. The van der Waals surface area contributed by atoms with Crippen LogP contribution in [0.5, 0.6) is 0 Å². The molecular weight excluding hydrogens is 208 g/mol. The minimum Gasteiger partial charge on any atom is -0.443 e. The molecule has 5 heteroatoms. The third-order valence-corrected chi connectivity index (χ3v) is 2.29. The van der Waals surface area contributed by atoms with Crippen LogP contribution in [0.15, 0.2) is 0 Å². The molecule has 0 saturated carbocycles. The van der Waals surface area contributed by atoms with Gasteiger partial charge in [-0.25, -0.2) is 10.2 Å². The summed E-state index contributed by atoms with van der Waals surface area (Å²) in [5, 5.41) is 0. The van der Waals surface area contributed by atoms with Gasteiger partial charge in [0.05, 0.1) is 5.60 Å². The summed E-state index contributed by atoms with van der Waals surface area (Å²) in [6.45, 7) is 9.97. The largest absolute Gasteiger partial charge is 0.443 e. The van der Waals surface area contributed by atoms with Gasteiger partial charge >= 0.3 is 6.09 Å². The van der Waals surface area contributed by atoms with E-state index in [0.29, 0.717) is 6.54 Å². The first-order valence-corrected chi connectivity index (χ1v) is 5.49. The van der Waals surface area contributed by atoms with Crippen molar-refractivity contribution in [1.82, 2.24) is 10.9 Å². The van der Waals surface area contributed by atoms with E-state index >= 15 is 0 Å². The van der Waals surface area contributed by atoms with E-state index in [-0.39, 0.29) is 5.60 Å². The van der Waals surface area contributed by atoms with Crippen molar-refractivity contribution in [1.29, 1.82) is 0 Å². The second kappa shape index (κ2) is 6.06. The van der Waals surface area contributed by atoms with E-state index in [1.54, 1.807) is 7.11 Å². The molecule has 1 atom stereocenters. The quantitative estimate of drug-likeness (QED) is 0.710. The highest BCUT2D eigenvalue weighted by Crippen LogP contribution is 2.11. The second-order valence-electron chi connectivity index (χ2n) is 4.99. The van der Waals surface area contributed by atoms with Crippen LogP contribution >= 0.6 is 0 Å². The van der Waals surface area contributed by atoms with Gasteiger partial charge in [0.15, 0.2) is 0 Å². The van der Waals surface area contributed by atoms with Crippen LogP contribution in [0.1, 0.15) is 41.0 Å². The van der Waals surface area contributed by atoms with Crippen LogP contribution in [-0.4, -0.2) is 30.9 Å². The zero-order chi connectivity index (χ0) is 12.8. The maximum atomic E-state index is 11.3. The van der Waals surface area contributed by atoms with Crippen LogP contribution in [0.4, 0.5) is 4.79 Å². The Balaban J connectivity index is 3.86. The van der Waals surface area contributed by atoms with E-state index in [1.165, 1.54) is 0 Å². The smallest absolute Gasteiger partial charge is 0.422 e. The lowest BCUT2D eigenvalue weighted by molar-refractivity contribution is -0.000926. The van der Waals surface area contributed by atoms with Crippen molar-refractivity contribution in [3.8, 4) is 0 Å². The number of ether oxygens (including phenoxy) is 2. The summed E-state index contributed by atoms with van der Waals surface area (Å²) in [7, 11) is 1.65. The molecule has 5 nitrogen and oxygen atoms in total. The summed E-state index contributed by atoms with van der Waals surface area (Å²) in [6, 6.07) is 0. The van der Waals surface area contributed by atoms with Gasteiger partial charge in [-0.05, 0) is 34.1 Å². The van der Waals surface area contributed by atoms with Gasteiger partial charge in [-0.15, -0.1) is 0 Å². The molecule has 1 amide bonds. The number of rotatable bonds is 5. The van der Waals surface area contributed by atoms with Crippen molar-refractivity contribution in [3.63, 3.8) is 0 Å². The summed E-state index contributed by atoms with van der Waals surface area (Å²) < 4.78 is 10.4. The topological polar surface area (TPSA) is 59.6 Å². The monoisotopic (exact) mass is 232 g/mol. The van der Waals surface area contributed by atoms with Crippen LogP contribution in [0, 0.1) is 0 Å². The molecule has 0 radical (unpaired) electrons. The van der Waals surface area contributed by atoms with Gasteiger partial charge in [0.1, 0.15) is 5.60 Å². The first-order valence-electron chi connectivity index (χ1n) is 5.49. The summed E-state index contributed by atoms with van der Waals surface area (Å²) in [5.41, 5.74) is 4.51. The zero-order valence-electron chi connectivity index (χ0n) is 11.1. The number of carbonyl (C=O) groups is 1. The molecule has 0 fully saturated rings. The minimum absolute atomic E-state index is 0.283. The molecule has 16 heavy (non-hydrogen) atoms. The molecule has 0 spiro atoms. The molecule has 0 rings (SSSR count). The molecule has 96 valence electrons. The van der Waals surface area contributed by atoms with Crippen LogP contribution < -0.4 is 10.9 Å². The van der Waals surface area contributed by atoms with Gasteiger partial charge in [0, 0.05) is 13.7 Å². The van der Waals surface area contributed by atoms with E-state index in [1.807, 2.05) is 34.6 Å². The molecule has 2 N–H and O–H groups in total. The summed E-state index contributed by atoms with van der Waals surface area (Å²) in [6.07, 6.45) is 0.369. The van der Waals surface area contributed by atoms with Crippen molar-refractivity contribution in [2.45, 2.75) is 52.2 Å². The maximum Gasteiger partial charge on any atom is 0.422 e. The first kappa shape index (κ1) is 15.2. The highest BCUT2D eigenvalue weighted by Gasteiger charge is 2.21. The second-order valence-corrected chi connectivity index (χ2v) is 4.99. The van der Waals surface area contributed by atoms with Gasteiger partial charge in [-0.3, -0.25) is 5.43 Å². The normalized spacial score (nSPS) is 15.4. The number of carbonyl (C=O) groups excluding carboxylic acids is 1. The fourth-order valence-electron chi connectivity index (χ4n) is 0.948. The number of hydrogen-bond acceptors (Lipinski definition) is 4. The van der Waals surface area contributed by atoms with E-state index in [2.05, 4.69) is 10.9 Å². The van der Waals surface area contributed by atoms with E-state index < -0.39 is 11.7 Å². The maximum absolute atomic E-state index is 11.3. The third kappa shape index (κ3) is 6.63. The molecule has 0 aliphatic rings. The number of methoxy groups -OCH3 is 1. The molecule has 0 aromatic heterocycles. The number of nitrogens with one attached hydrogen (secondary N) is 2. The molecule has 0 aromatic carbocycles. The predicted molar refractivity (Wildman–Crippen MR) is 63.1 cm³/mol. The number of amides is 1. The number of hydrogen-bond donors (Lipinski definition) is 2. The van der Waals surface area contributed by atoms with Crippen LogP contribution in [0.25, 0.3) is 0 Å². The Bertz CT molecular complexity index is 220. The Morgan fingerprint density at radius 2 is 1.81 bits per heavy atom. The van der Waals surface area contributed by atoms with Gasteiger partial charge in [-0.2, -0.15) is 0 Å². The highest BCUT2D eigenvalue weighted by molar-refractivity contribution is 5.66. The lowest BCUT2D eigenvalue weighted by Gasteiger charge is -2.27.